The second-order valence-corrected chi connectivity index (χ2v) is 4.86. The highest BCUT2D eigenvalue weighted by Crippen LogP contribution is 2.27. The average molecular weight is 306 g/mol. The van der Waals surface area contributed by atoms with Crippen LogP contribution in [-0.2, 0) is 6.54 Å². The number of nitrogens with one attached hydrogen (secondary N) is 1. The van der Waals surface area contributed by atoms with Gasteiger partial charge in [-0.1, -0.05) is 47.1 Å². The fourth-order valence-corrected chi connectivity index (χ4v) is 2.04. The lowest BCUT2D eigenvalue weighted by Gasteiger charge is -2.11. The van der Waals surface area contributed by atoms with Gasteiger partial charge in [0.15, 0.2) is 0 Å². The molecule has 2 aromatic carbocycles. The summed E-state index contributed by atoms with van der Waals surface area (Å²) in [6.45, 7) is 3.86. The zero-order chi connectivity index (χ0) is 12.8. The lowest BCUT2D eigenvalue weighted by molar-refractivity contribution is 0.473. The van der Waals surface area contributed by atoms with E-state index in [-0.39, 0.29) is 0 Å². The lowest BCUT2D eigenvalue weighted by Crippen LogP contribution is -2.12. The van der Waals surface area contributed by atoms with E-state index in [1.54, 1.807) is 0 Å². The van der Waals surface area contributed by atoms with Gasteiger partial charge in [0.1, 0.15) is 11.5 Å². The Hall–Kier alpha value is -1.32. The third kappa shape index (κ3) is 3.59. The minimum atomic E-state index is 0.820. The summed E-state index contributed by atoms with van der Waals surface area (Å²) >= 11 is 3.44. The van der Waals surface area contributed by atoms with Gasteiger partial charge < -0.3 is 10.1 Å². The zero-order valence-electron chi connectivity index (χ0n) is 10.3. The van der Waals surface area contributed by atoms with Crippen LogP contribution < -0.4 is 10.1 Å². The molecule has 0 aliphatic rings. The summed E-state index contributed by atoms with van der Waals surface area (Å²) in [6, 6.07) is 16.0. The fourth-order valence-electron chi connectivity index (χ4n) is 1.67. The molecule has 0 aliphatic heterocycles. The first-order valence-corrected chi connectivity index (χ1v) is 6.81. The van der Waals surface area contributed by atoms with E-state index in [9.17, 15) is 0 Å². The van der Waals surface area contributed by atoms with Crippen molar-refractivity contribution in [2.45, 2.75) is 13.5 Å². The maximum absolute atomic E-state index is 5.92. The molecule has 0 unspecified atom stereocenters. The summed E-state index contributed by atoms with van der Waals surface area (Å²) in [5.74, 6) is 1.74. The molecule has 2 nitrogen and oxygen atoms in total. The summed E-state index contributed by atoms with van der Waals surface area (Å²) in [6.07, 6.45) is 0. The standard InChI is InChI=1S/C15H16BrNO/c1-2-17-11-12-6-3-4-9-15(12)18-14-8-5-7-13(16)10-14/h3-10,17H,2,11H2,1H3. The van der Waals surface area contributed by atoms with Crippen LogP contribution in [0.2, 0.25) is 0 Å². The van der Waals surface area contributed by atoms with Crippen molar-refractivity contribution in [2.24, 2.45) is 0 Å². The van der Waals surface area contributed by atoms with E-state index in [1.807, 2.05) is 42.5 Å². The monoisotopic (exact) mass is 305 g/mol. The van der Waals surface area contributed by atoms with Crippen LogP contribution in [0.25, 0.3) is 0 Å². The SMILES string of the molecule is CCNCc1ccccc1Oc1cccc(Br)c1. The van der Waals surface area contributed by atoms with Crippen LogP contribution in [0.15, 0.2) is 53.0 Å². The van der Waals surface area contributed by atoms with Crippen molar-refractivity contribution in [2.75, 3.05) is 6.54 Å². The molecule has 0 fully saturated rings. The highest BCUT2D eigenvalue weighted by atomic mass is 79.9. The maximum atomic E-state index is 5.92. The molecule has 0 heterocycles. The Morgan fingerprint density at radius 3 is 2.72 bits per heavy atom. The van der Waals surface area contributed by atoms with Crippen LogP contribution in [-0.4, -0.2) is 6.54 Å². The molecule has 0 atom stereocenters. The molecule has 0 amide bonds. The van der Waals surface area contributed by atoms with E-state index < -0.39 is 0 Å². The fraction of sp³-hybridized carbons (Fsp3) is 0.200. The van der Waals surface area contributed by atoms with Crippen molar-refractivity contribution in [1.29, 1.82) is 0 Å². The van der Waals surface area contributed by atoms with Crippen LogP contribution in [0.3, 0.4) is 0 Å². The van der Waals surface area contributed by atoms with Crippen molar-refractivity contribution < 1.29 is 4.74 Å². The minimum Gasteiger partial charge on any atom is -0.457 e. The predicted molar refractivity (Wildman–Crippen MR) is 78.0 cm³/mol. The van der Waals surface area contributed by atoms with Crippen LogP contribution >= 0.6 is 15.9 Å². The Bertz CT molecular complexity index is 513. The molecule has 1 N–H and O–H groups in total. The van der Waals surface area contributed by atoms with Gasteiger partial charge in [-0.15, -0.1) is 0 Å². The van der Waals surface area contributed by atoms with E-state index in [0.717, 1.165) is 29.1 Å². The van der Waals surface area contributed by atoms with Gasteiger partial charge in [0.05, 0.1) is 0 Å². The topological polar surface area (TPSA) is 21.3 Å². The first-order valence-electron chi connectivity index (χ1n) is 6.01. The molecule has 0 aliphatic carbocycles. The van der Waals surface area contributed by atoms with Crippen molar-refractivity contribution in [1.82, 2.24) is 5.32 Å². The second kappa shape index (κ2) is 6.57. The molecule has 0 aromatic heterocycles. The van der Waals surface area contributed by atoms with Crippen LogP contribution in [0.5, 0.6) is 11.5 Å². The van der Waals surface area contributed by atoms with E-state index in [1.165, 1.54) is 5.56 Å². The normalized spacial score (nSPS) is 10.3. The van der Waals surface area contributed by atoms with Gasteiger partial charge in [-0.05, 0) is 30.8 Å². The minimum absolute atomic E-state index is 0.820. The molecule has 0 bridgehead atoms. The van der Waals surface area contributed by atoms with Crippen LogP contribution in [0, 0.1) is 0 Å². The summed E-state index contributed by atoms with van der Waals surface area (Å²) < 4.78 is 6.94. The largest absolute Gasteiger partial charge is 0.457 e. The highest BCUT2D eigenvalue weighted by Gasteiger charge is 2.03. The number of hydrogen-bond acceptors (Lipinski definition) is 2. The molecule has 18 heavy (non-hydrogen) atoms. The summed E-state index contributed by atoms with van der Waals surface area (Å²) in [4.78, 5) is 0. The van der Waals surface area contributed by atoms with Gasteiger partial charge in [-0.2, -0.15) is 0 Å². The third-order valence-corrected chi connectivity index (χ3v) is 3.06. The molecule has 0 saturated heterocycles. The van der Waals surface area contributed by atoms with E-state index in [0.29, 0.717) is 0 Å². The van der Waals surface area contributed by atoms with Crippen molar-refractivity contribution in [3.63, 3.8) is 0 Å². The van der Waals surface area contributed by atoms with Crippen LogP contribution in [0.1, 0.15) is 12.5 Å². The van der Waals surface area contributed by atoms with Gasteiger partial charge in [0.2, 0.25) is 0 Å². The van der Waals surface area contributed by atoms with Gasteiger partial charge in [0.25, 0.3) is 0 Å². The Morgan fingerprint density at radius 1 is 1.11 bits per heavy atom. The molecule has 0 radical (unpaired) electrons. The van der Waals surface area contributed by atoms with E-state index in [2.05, 4.69) is 34.2 Å². The Morgan fingerprint density at radius 2 is 1.94 bits per heavy atom. The Kier molecular flexibility index (Phi) is 4.79. The average Bonchev–Trinajstić information content (AvgIpc) is 2.38. The number of rotatable bonds is 5. The molecule has 94 valence electrons. The summed E-state index contributed by atoms with van der Waals surface area (Å²) in [5, 5.41) is 3.31. The predicted octanol–water partition coefficient (Wildman–Crippen LogP) is 4.35. The van der Waals surface area contributed by atoms with Gasteiger partial charge in [0, 0.05) is 16.6 Å². The number of hydrogen-bond donors (Lipinski definition) is 1. The molecule has 2 rings (SSSR count). The summed E-state index contributed by atoms with van der Waals surface area (Å²) in [5.41, 5.74) is 1.17. The van der Waals surface area contributed by atoms with Crippen molar-refractivity contribution in [3.8, 4) is 11.5 Å². The first kappa shape index (κ1) is 13.1. The zero-order valence-corrected chi connectivity index (χ0v) is 11.9. The molecule has 0 saturated carbocycles. The Labute approximate surface area is 116 Å². The molecular formula is C15H16BrNO. The van der Waals surface area contributed by atoms with E-state index in [4.69, 9.17) is 4.74 Å². The smallest absolute Gasteiger partial charge is 0.131 e. The number of halogens is 1. The summed E-state index contributed by atoms with van der Waals surface area (Å²) in [7, 11) is 0. The molecular weight excluding hydrogens is 290 g/mol. The van der Waals surface area contributed by atoms with Gasteiger partial charge in [-0.3, -0.25) is 0 Å². The molecule has 3 heteroatoms. The first-order chi connectivity index (χ1) is 8.79. The second-order valence-electron chi connectivity index (χ2n) is 3.95. The number of benzene rings is 2. The lowest BCUT2D eigenvalue weighted by atomic mass is 10.2. The van der Waals surface area contributed by atoms with Gasteiger partial charge >= 0.3 is 0 Å². The number of para-hydroxylation sites is 1. The highest BCUT2D eigenvalue weighted by molar-refractivity contribution is 9.10. The van der Waals surface area contributed by atoms with Gasteiger partial charge in [-0.25, -0.2) is 0 Å². The quantitative estimate of drug-likeness (QED) is 0.886. The maximum Gasteiger partial charge on any atom is 0.131 e. The third-order valence-electron chi connectivity index (χ3n) is 2.56. The number of ether oxygens (including phenoxy) is 1. The molecule has 0 spiro atoms. The van der Waals surface area contributed by atoms with Crippen molar-refractivity contribution >= 4 is 15.9 Å². The Balaban J connectivity index is 2.17. The van der Waals surface area contributed by atoms with Crippen molar-refractivity contribution in [3.05, 3.63) is 58.6 Å². The molecule has 2 aromatic rings. The van der Waals surface area contributed by atoms with E-state index >= 15 is 0 Å². The van der Waals surface area contributed by atoms with Crippen LogP contribution in [0.4, 0.5) is 0 Å².